The molecule has 4 nitrogen and oxygen atoms in total. The Hall–Kier alpha value is -1.63. The van der Waals surface area contributed by atoms with E-state index in [-0.39, 0.29) is 5.91 Å². The first-order valence-corrected chi connectivity index (χ1v) is 13.5. The molecule has 0 aromatic heterocycles. The second kappa shape index (κ2) is 11.2. The van der Waals surface area contributed by atoms with Crippen molar-refractivity contribution in [2.24, 2.45) is 0 Å². The number of carbonyl (C=O) groups excluding carboxylic acids is 1. The van der Waals surface area contributed by atoms with E-state index in [9.17, 15) is 4.79 Å². The van der Waals surface area contributed by atoms with Crippen LogP contribution < -0.4 is 14.4 Å². The molecule has 0 radical (unpaired) electrons. The molecule has 1 amide bonds. The standard InChI is InChI=1S/C25H19I2NO3S2/c1-2-30-21-13-17(12-20(27)23(21)31-15-16-8-10-18(26)11-9-16)14-22-24(29)28(25(32)33-22)19-6-4-3-5-7-19/h3-14H,2,15H2,1H3/b22-14+. The minimum atomic E-state index is -0.122. The summed E-state index contributed by atoms with van der Waals surface area (Å²) >= 11 is 11.3. The number of benzene rings is 3. The lowest BCUT2D eigenvalue weighted by Crippen LogP contribution is -2.27. The van der Waals surface area contributed by atoms with Gasteiger partial charge in [-0.3, -0.25) is 9.69 Å². The normalized spacial score (nSPS) is 14.8. The van der Waals surface area contributed by atoms with Crippen molar-refractivity contribution >= 4 is 91.2 Å². The maximum atomic E-state index is 13.1. The molecule has 1 saturated heterocycles. The van der Waals surface area contributed by atoms with E-state index in [1.165, 1.54) is 15.3 Å². The Kier molecular flexibility index (Phi) is 8.31. The molecule has 3 aromatic rings. The highest BCUT2D eigenvalue weighted by Gasteiger charge is 2.33. The maximum Gasteiger partial charge on any atom is 0.270 e. The van der Waals surface area contributed by atoms with E-state index in [1.54, 1.807) is 4.90 Å². The van der Waals surface area contributed by atoms with Crippen LogP contribution in [0.3, 0.4) is 0 Å². The second-order valence-corrected chi connectivity index (χ2v) is 11.1. The van der Waals surface area contributed by atoms with E-state index in [0.717, 1.165) is 20.4 Å². The van der Waals surface area contributed by atoms with Gasteiger partial charge in [-0.2, -0.15) is 0 Å². The fourth-order valence-electron chi connectivity index (χ4n) is 3.23. The molecule has 1 fully saturated rings. The number of hydrogen-bond donors (Lipinski definition) is 0. The summed E-state index contributed by atoms with van der Waals surface area (Å²) in [6.07, 6.45) is 1.86. The third-order valence-electron chi connectivity index (χ3n) is 4.73. The van der Waals surface area contributed by atoms with E-state index in [4.69, 9.17) is 21.7 Å². The van der Waals surface area contributed by atoms with Crippen molar-refractivity contribution in [2.75, 3.05) is 11.5 Å². The van der Waals surface area contributed by atoms with Crippen LogP contribution in [0.5, 0.6) is 11.5 Å². The van der Waals surface area contributed by atoms with Gasteiger partial charge < -0.3 is 9.47 Å². The van der Waals surface area contributed by atoms with Crippen LogP contribution in [0.4, 0.5) is 5.69 Å². The molecule has 1 heterocycles. The van der Waals surface area contributed by atoms with Gasteiger partial charge in [-0.1, -0.05) is 54.3 Å². The summed E-state index contributed by atoms with van der Waals surface area (Å²) in [5, 5.41) is 0. The molecular weight excluding hydrogens is 680 g/mol. The van der Waals surface area contributed by atoms with Crippen LogP contribution in [0.25, 0.3) is 6.08 Å². The van der Waals surface area contributed by atoms with Gasteiger partial charge in [0, 0.05) is 3.57 Å². The monoisotopic (exact) mass is 699 g/mol. The summed E-state index contributed by atoms with van der Waals surface area (Å²) in [7, 11) is 0. The number of carbonyl (C=O) groups is 1. The zero-order valence-corrected chi connectivity index (χ0v) is 23.5. The minimum absolute atomic E-state index is 0.122. The van der Waals surface area contributed by atoms with Gasteiger partial charge in [0.25, 0.3) is 5.91 Å². The Balaban J connectivity index is 1.59. The van der Waals surface area contributed by atoms with Crippen LogP contribution in [0.15, 0.2) is 71.6 Å². The Morgan fingerprint density at radius 2 is 1.76 bits per heavy atom. The second-order valence-electron chi connectivity index (χ2n) is 7.03. The van der Waals surface area contributed by atoms with Crippen LogP contribution >= 0.6 is 69.2 Å². The van der Waals surface area contributed by atoms with Crippen molar-refractivity contribution in [3.63, 3.8) is 0 Å². The lowest BCUT2D eigenvalue weighted by atomic mass is 10.1. The highest BCUT2D eigenvalue weighted by atomic mass is 127. The lowest BCUT2D eigenvalue weighted by molar-refractivity contribution is -0.113. The summed E-state index contributed by atoms with van der Waals surface area (Å²) in [4.78, 5) is 15.2. The van der Waals surface area contributed by atoms with Gasteiger partial charge in [-0.05, 0) is 106 Å². The first-order chi connectivity index (χ1) is 16.0. The summed E-state index contributed by atoms with van der Waals surface area (Å²) in [5.74, 6) is 1.23. The number of thiocarbonyl (C=S) groups is 1. The number of rotatable bonds is 7. The molecule has 0 unspecified atom stereocenters. The van der Waals surface area contributed by atoms with Crippen molar-refractivity contribution in [2.45, 2.75) is 13.5 Å². The molecule has 168 valence electrons. The number of para-hydroxylation sites is 1. The molecule has 0 spiro atoms. The molecule has 3 aromatic carbocycles. The molecule has 0 atom stereocenters. The molecule has 0 bridgehead atoms. The van der Waals surface area contributed by atoms with E-state index in [0.29, 0.717) is 33.9 Å². The van der Waals surface area contributed by atoms with Gasteiger partial charge in [0.1, 0.15) is 6.61 Å². The molecule has 1 aliphatic heterocycles. The fourth-order valence-corrected chi connectivity index (χ4v) is 5.67. The lowest BCUT2D eigenvalue weighted by Gasteiger charge is -2.15. The Labute approximate surface area is 230 Å². The number of ether oxygens (including phenoxy) is 2. The fraction of sp³-hybridized carbons (Fsp3) is 0.120. The number of thioether (sulfide) groups is 1. The van der Waals surface area contributed by atoms with Crippen LogP contribution in [-0.2, 0) is 11.4 Å². The Morgan fingerprint density at radius 3 is 2.45 bits per heavy atom. The molecule has 0 saturated carbocycles. The zero-order valence-electron chi connectivity index (χ0n) is 17.6. The van der Waals surface area contributed by atoms with Crippen LogP contribution in [0, 0.1) is 7.14 Å². The average Bonchev–Trinajstić information content (AvgIpc) is 3.08. The molecule has 8 heteroatoms. The predicted molar refractivity (Wildman–Crippen MR) is 156 cm³/mol. The molecule has 0 N–H and O–H groups in total. The van der Waals surface area contributed by atoms with Crippen molar-refractivity contribution in [3.05, 3.63) is 89.9 Å². The van der Waals surface area contributed by atoms with E-state index < -0.39 is 0 Å². The van der Waals surface area contributed by atoms with Crippen molar-refractivity contribution in [3.8, 4) is 11.5 Å². The van der Waals surface area contributed by atoms with E-state index in [1.807, 2.05) is 55.5 Å². The third-order valence-corrected chi connectivity index (χ3v) is 7.56. The Bertz CT molecular complexity index is 1210. The largest absolute Gasteiger partial charge is 0.490 e. The summed E-state index contributed by atoms with van der Waals surface area (Å²) in [6.45, 7) is 2.89. The first kappa shape index (κ1) is 24.5. The van der Waals surface area contributed by atoms with Gasteiger partial charge >= 0.3 is 0 Å². The molecule has 4 rings (SSSR count). The summed E-state index contributed by atoms with van der Waals surface area (Å²) < 4.78 is 14.6. The average molecular weight is 699 g/mol. The topological polar surface area (TPSA) is 38.8 Å². The van der Waals surface area contributed by atoms with Crippen LogP contribution in [0.2, 0.25) is 0 Å². The van der Waals surface area contributed by atoms with Crippen molar-refractivity contribution in [1.29, 1.82) is 0 Å². The highest BCUT2D eigenvalue weighted by molar-refractivity contribution is 14.1. The first-order valence-electron chi connectivity index (χ1n) is 10.1. The number of anilines is 1. The Morgan fingerprint density at radius 1 is 1.03 bits per heavy atom. The van der Waals surface area contributed by atoms with E-state index in [2.05, 4.69) is 69.4 Å². The molecule has 0 aliphatic carbocycles. The number of nitrogens with zero attached hydrogens (tertiary/aromatic N) is 1. The van der Waals surface area contributed by atoms with Gasteiger partial charge in [0.05, 0.1) is 20.8 Å². The smallest absolute Gasteiger partial charge is 0.270 e. The van der Waals surface area contributed by atoms with Crippen LogP contribution in [-0.4, -0.2) is 16.8 Å². The van der Waals surface area contributed by atoms with Crippen LogP contribution in [0.1, 0.15) is 18.1 Å². The van der Waals surface area contributed by atoms with Gasteiger partial charge in [0.2, 0.25) is 0 Å². The predicted octanol–water partition coefficient (Wildman–Crippen LogP) is 7.28. The summed E-state index contributed by atoms with van der Waals surface area (Å²) in [5.41, 5.74) is 2.72. The van der Waals surface area contributed by atoms with E-state index >= 15 is 0 Å². The van der Waals surface area contributed by atoms with Gasteiger partial charge in [0.15, 0.2) is 15.8 Å². The minimum Gasteiger partial charge on any atom is -0.490 e. The van der Waals surface area contributed by atoms with Gasteiger partial charge in [-0.25, -0.2) is 0 Å². The third kappa shape index (κ3) is 5.90. The number of amides is 1. The molecular formula is C25H19I2NO3S2. The number of hydrogen-bond acceptors (Lipinski definition) is 5. The van der Waals surface area contributed by atoms with Crippen molar-refractivity contribution < 1.29 is 14.3 Å². The molecule has 33 heavy (non-hydrogen) atoms. The molecule has 1 aliphatic rings. The zero-order chi connectivity index (χ0) is 23.4. The van der Waals surface area contributed by atoms with Gasteiger partial charge in [-0.15, -0.1) is 0 Å². The van der Waals surface area contributed by atoms with Crippen molar-refractivity contribution in [1.82, 2.24) is 0 Å². The number of halogens is 2. The maximum absolute atomic E-state index is 13.1. The quantitative estimate of drug-likeness (QED) is 0.147. The highest BCUT2D eigenvalue weighted by Crippen LogP contribution is 2.39. The summed E-state index contributed by atoms with van der Waals surface area (Å²) in [6, 6.07) is 21.6. The SMILES string of the molecule is CCOc1cc(/C=C2/SC(=S)N(c3ccccc3)C2=O)cc(I)c1OCc1ccc(I)cc1.